The number of aliphatic carboxylic acids is 1. The maximum Gasteiger partial charge on any atom is 0.336 e. The van der Waals surface area contributed by atoms with Crippen LogP contribution in [0.4, 0.5) is 0 Å². The second kappa shape index (κ2) is 4.06. The van der Waals surface area contributed by atoms with Crippen molar-refractivity contribution in [2.75, 3.05) is 6.61 Å². The highest BCUT2D eigenvalue weighted by molar-refractivity contribution is 5.77. The molecule has 0 bridgehead atoms. The molecule has 5 heteroatoms. The second-order valence-corrected chi connectivity index (χ2v) is 3.11. The highest BCUT2D eigenvalue weighted by Crippen LogP contribution is 2.19. The van der Waals surface area contributed by atoms with Crippen molar-refractivity contribution in [3.63, 3.8) is 0 Å². The molecular weight excluding hydrogens is 212 g/mol. The lowest BCUT2D eigenvalue weighted by Gasteiger charge is -2.06. The van der Waals surface area contributed by atoms with Crippen molar-refractivity contribution >= 4 is 16.9 Å². The predicted molar refractivity (Wildman–Crippen MR) is 53.0 cm³/mol. The molecule has 1 heterocycles. The van der Waals surface area contributed by atoms with Gasteiger partial charge in [0.1, 0.15) is 17.9 Å². The summed E-state index contributed by atoms with van der Waals surface area (Å²) in [5.41, 5.74) is -0.118. The van der Waals surface area contributed by atoms with Crippen LogP contribution in [0.5, 0.6) is 5.75 Å². The highest BCUT2D eigenvalue weighted by atomic mass is 16.5. The van der Waals surface area contributed by atoms with Crippen molar-refractivity contribution in [1.82, 2.24) is 0 Å². The molecular formula is C11H7O5-. The Kier molecular flexibility index (Phi) is 2.59. The van der Waals surface area contributed by atoms with Gasteiger partial charge in [-0.25, -0.2) is 4.79 Å². The van der Waals surface area contributed by atoms with Crippen molar-refractivity contribution in [1.29, 1.82) is 0 Å². The van der Waals surface area contributed by atoms with Crippen LogP contribution in [0.2, 0.25) is 0 Å². The fourth-order valence-electron chi connectivity index (χ4n) is 1.27. The van der Waals surface area contributed by atoms with Crippen LogP contribution in [-0.4, -0.2) is 12.6 Å². The van der Waals surface area contributed by atoms with Crippen molar-refractivity contribution in [3.8, 4) is 5.75 Å². The molecule has 0 saturated heterocycles. The number of carbonyl (C=O) groups is 1. The van der Waals surface area contributed by atoms with Gasteiger partial charge in [0.05, 0.1) is 5.97 Å². The van der Waals surface area contributed by atoms with Crippen LogP contribution in [0.1, 0.15) is 0 Å². The van der Waals surface area contributed by atoms with E-state index in [0.29, 0.717) is 11.3 Å². The predicted octanol–water partition coefficient (Wildman–Crippen LogP) is -0.0783. The minimum Gasteiger partial charge on any atom is -0.546 e. The van der Waals surface area contributed by atoms with Crippen LogP contribution in [-0.2, 0) is 4.79 Å². The topological polar surface area (TPSA) is 79.6 Å². The van der Waals surface area contributed by atoms with E-state index in [2.05, 4.69) is 0 Å². The molecule has 0 amide bonds. The number of carboxylic acids is 1. The third kappa shape index (κ3) is 2.20. The van der Waals surface area contributed by atoms with Crippen LogP contribution < -0.4 is 15.5 Å². The van der Waals surface area contributed by atoms with Gasteiger partial charge in [0.2, 0.25) is 0 Å². The van der Waals surface area contributed by atoms with Crippen molar-refractivity contribution in [2.24, 2.45) is 0 Å². The number of rotatable bonds is 3. The van der Waals surface area contributed by atoms with Crippen LogP contribution in [0.3, 0.4) is 0 Å². The van der Waals surface area contributed by atoms with Crippen molar-refractivity contribution in [3.05, 3.63) is 40.8 Å². The molecule has 0 aliphatic carbocycles. The lowest BCUT2D eigenvalue weighted by Crippen LogP contribution is -2.28. The van der Waals surface area contributed by atoms with Crippen LogP contribution in [0, 0.1) is 0 Å². The van der Waals surface area contributed by atoms with Gasteiger partial charge in [0.25, 0.3) is 0 Å². The Morgan fingerprint density at radius 3 is 2.81 bits per heavy atom. The molecule has 82 valence electrons. The standard InChI is InChI=1S/C11H8O5/c12-10(13)6-15-8-3-1-7-2-4-11(14)16-9(7)5-8/h1-5H,6H2,(H,12,13)/p-1. The van der Waals surface area contributed by atoms with E-state index in [1.807, 2.05) is 0 Å². The third-order valence-electron chi connectivity index (χ3n) is 1.95. The third-order valence-corrected chi connectivity index (χ3v) is 1.95. The second-order valence-electron chi connectivity index (χ2n) is 3.11. The number of fused-ring (bicyclic) bond motifs is 1. The molecule has 2 rings (SSSR count). The minimum absolute atomic E-state index is 0.311. The molecule has 0 atom stereocenters. The fourth-order valence-corrected chi connectivity index (χ4v) is 1.27. The number of carboxylic acid groups (broad SMARTS) is 1. The monoisotopic (exact) mass is 219 g/mol. The lowest BCUT2D eigenvalue weighted by atomic mass is 10.2. The van der Waals surface area contributed by atoms with E-state index in [1.54, 1.807) is 18.2 Å². The Morgan fingerprint density at radius 1 is 1.31 bits per heavy atom. The molecule has 0 radical (unpaired) electrons. The van der Waals surface area contributed by atoms with Crippen LogP contribution in [0.25, 0.3) is 11.0 Å². The zero-order chi connectivity index (χ0) is 11.5. The zero-order valence-electron chi connectivity index (χ0n) is 8.14. The normalized spacial score (nSPS) is 10.2. The van der Waals surface area contributed by atoms with Gasteiger partial charge < -0.3 is 19.1 Å². The maximum absolute atomic E-state index is 10.9. The van der Waals surface area contributed by atoms with Crippen LogP contribution in [0.15, 0.2) is 39.5 Å². The average Bonchev–Trinajstić information content (AvgIpc) is 2.25. The summed E-state index contributed by atoms with van der Waals surface area (Å²) in [6.07, 6.45) is 0. The van der Waals surface area contributed by atoms with E-state index >= 15 is 0 Å². The van der Waals surface area contributed by atoms with Gasteiger partial charge in [-0.05, 0) is 18.2 Å². The van der Waals surface area contributed by atoms with E-state index < -0.39 is 18.2 Å². The Labute approximate surface area is 89.9 Å². The zero-order valence-corrected chi connectivity index (χ0v) is 8.14. The smallest absolute Gasteiger partial charge is 0.336 e. The maximum atomic E-state index is 10.9. The summed E-state index contributed by atoms with van der Waals surface area (Å²) in [4.78, 5) is 21.1. The molecule has 0 spiro atoms. The molecule has 0 aliphatic rings. The first-order valence-electron chi connectivity index (χ1n) is 4.52. The van der Waals surface area contributed by atoms with E-state index in [9.17, 15) is 14.7 Å². The lowest BCUT2D eigenvalue weighted by molar-refractivity contribution is -0.307. The Hall–Kier alpha value is -2.30. The average molecular weight is 219 g/mol. The molecule has 16 heavy (non-hydrogen) atoms. The summed E-state index contributed by atoms with van der Waals surface area (Å²) in [7, 11) is 0. The molecule has 5 nitrogen and oxygen atoms in total. The molecule has 1 aromatic heterocycles. The number of ether oxygens (including phenoxy) is 1. The Balaban J connectivity index is 2.35. The number of hydrogen-bond donors (Lipinski definition) is 0. The molecule has 0 fully saturated rings. The summed E-state index contributed by atoms with van der Waals surface area (Å²) in [5.74, 6) is -0.999. The van der Waals surface area contributed by atoms with Gasteiger partial charge in [-0.1, -0.05) is 0 Å². The van der Waals surface area contributed by atoms with E-state index in [-0.39, 0.29) is 0 Å². The number of benzene rings is 1. The summed E-state index contributed by atoms with van der Waals surface area (Å²) in [6, 6.07) is 7.64. The van der Waals surface area contributed by atoms with Gasteiger partial charge >= 0.3 is 5.63 Å². The summed E-state index contributed by atoms with van der Waals surface area (Å²) >= 11 is 0. The molecule has 0 saturated carbocycles. The Morgan fingerprint density at radius 2 is 2.06 bits per heavy atom. The minimum atomic E-state index is -1.31. The van der Waals surface area contributed by atoms with Gasteiger partial charge in [-0.2, -0.15) is 0 Å². The molecule has 0 aliphatic heterocycles. The summed E-state index contributed by atoms with van der Waals surface area (Å²) < 4.78 is 9.80. The van der Waals surface area contributed by atoms with Gasteiger partial charge in [-0.3, -0.25) is 0 Å². The first-order valence-corrected chi connectivity index (χ1v) is 4.52. The number of hydrogen-bond acceptors (Lipinski definition) is 5. The molecule has 2 aromatic rings. The first-order chi connectivity index (χ1) is 7.65. The summed E-state index contributed by atoms with van der Waals surface area (Å²) in [5, 5.41) is 10.9. The Bertz CT molecular complexity index is 584. The SMILES string of the molecule is O=C([O-])COc1ccc2ccc(=O)oc2c1. The van der Waals surface area contributed by atoms with E-state index in [4.69, 9.17) is 9.15 Å². The van der Waals surface area contributed by atoms with Crippen LogP contribution >= 0.6 is 0 Å². The van der Waals surface area contributed by atoms with E-state index in [1.165, 1.54) is 12.1 Å². The highest BCUT2D eigenvalue weighted by Gasteiger charge is 2.00. The fraction of sp³-hybridized carbons (Fsp3) is 0.0909. The first kappa shape index (κ1) is 10.2. The van der Waals surface area contributed by atoms with Gasteiger partial charge in [0.15, 0.2) is 0 Å². The number of carbonyl (C=O) groups excluding carboxylic acids is 1. The van der Waals surface area contributed by atoms with Gasteiger partial charge in [0, 0.05) is 17.5 Å². The van der Waals surface area contributed by atoms with E-state index in [0.717, 1.165) is 5.39 Å². The van der Waals surface area contributed by atoms with Crippen molar-refractivity contribution in [2.45, 2.75) is 0 Å². The van der Waals surface area contributed by atoms with Crippen molar-refractivity contribution < 1.29 is 19.1 Å². The summed E-state index contributed by atoms with van der Waals surface area (Å²) in [6.45, 7) is -0.539. The molecule has 1 aromatic carbocycles. The largest absolute Gasteiger partial charge is 0.546 e. The quantitative estimate of drug-likeness (QED) is 0.674. The van der Waals surface area contributed by atoms with Gasteiger partial charge in [-0.15, -0.1) is 0 Å². The molecule has 0 N–H and O–H groups in total. The molecule has 0 unspecified atom stereocenters.